The van der Waals surface area contributed by atoms with Crippen molar-refractivity contribution in [2.75, 3.05) is 5.32 Å². The van der Waals surface area contributed by atoms with Crippen LogP contribution in [0, 0.1) is 6.92 Å². The van der Waals surface area contributed by atoms with E-state index < -0.39 is 21.0 Å². The second-order valence-corrected chi connectivity index (χ2v) is 6.43. The van der Waals surface area contributed by atoms with E-state index in [0.717, 1.165) is 16.1 Å². The number of carbonyl (C=O) groups excluding carboxylic acids is 1. The van der Waals surface area contributed by atoms with Crippen molar-refractivity contribution in [3.05, 3.63) is 46.1 Å². The molecule has 1 heterocycles. The van der Waals surface area contributed by atoms with E-state index in [1.807, 2.05) is 6.92 Å². The molecule has 0 saturated carbocycles. The molecule has 0 aliphatic carbocycles. The van der Waals surface area contributed by atoms with Crippen LogP contribution in [0.25, 0.3) is 0 Å². The SMILES string of the molecule is Cc1cc(NC(=O)c2ccc(S(N)(=O)=O)o2)ccc1Br. The first kappa shape index (κ1) is 14.8. The van der Waals surface area contributed by atoms with Crippen molar-refractivity contribution >= 4 is 37.5 Å². The van der Waals surface area contributed by atoms with Gasteiger partial charge in [-0.25, -0.2) is 13.6 Å². The Kier molecular flexibility index (Phi) is 3.98. The average molecular weight is 359 g/mol. The van der Waals surface area contributed by atoms with Gasteiger partial charge in [0, 0.05) is 10.2 Å². The number of furan rings is 1. The monoisotopic (exact) mass is 358 g/mol. The number of nitrogens with one attached hydrogen (secondary N) is 1. The quantitative estimate of drug-likeness (QED) is 0.877. The number of sulfonamides is 1. The van der Waals surface area contributed by atoms with Gasteiger partial charge in [0.1, 0.15) is 0 Å². The second kappa shape index (κ2) is 5.39. The average Bonchev–Trinajstić information content (AvgIpc) is 2.83. The number of hydrogen-bond acceptors (Lipinski definition) is 4. The number of anilines is 1. The summed E-state index contributed by atoms with van der Waals surface area (Å²) < 4.78 is 27.9. The topological polar surface area (TPSA) is 102 Å². The minimum Gasteiger partial charge on any atom is -0.438 e. The van der Waals surface area contributed by atoms with Gasteiger partial charge in [-0.3, -0.25) is 4.79 Å². The van der Waals surface area contributed by atoms with Gasteiger partial charge < -0.3 is 9.73 Å². The van der Waals surface area contributed by atoms with Crippen LogP contribution in [-0.2, 0) is 10.0 Å². The van der Waals surface area contributed by atoms with Crippen LogP contribution < -0.4 is 10.5 Å². The number of aryl methyl sites for hydroxylation is 1. The number of primary sulfonamides is 1. The Hall–Kier alpha value is -1.64. The van der Waals surface area contributed by atoms with Crippen LogP contribution in [0.5, 0.6) is 0 Å². The first-order valence-electron chi connectivity index (χ1n) is 5.47. The lowest BCUT2D eigenvalue weighted by Crippen LogP contribution is -2.12. The normalized spacial score (nSPS) is 11.3. The summed E-state index contributed by atoms with van der Waals surface area (Å²) >= 11 is 3.35. The fourth-order valence-electron chi connectivity index (χ4n) is 1.51. The van der Waals surface area contributed by atoms with Crippen LogP contribution in [-0.4, -0.2) is 14.3 Å². The Balaban J connectivity index is 2.20. The summed E-state index contributed by atoms with van der Waals surface area (Å²) in [5, 5.41) is 7.05. The Morgan fingerprint density at radius 2 is 2.00 bits per heavy atom. The van der Waals surface area contributed by atoms with Gasteiger partial charge in [-0.2, -0.15) is 0 Å². The number of carbonyl (C=O) groups is 1. The highest BCUT2D eigenvalue weighted by molar-refractivity contribution is 9.10. The summed E-state index contributed by atoms with van der Waals surface area (Å²) in [5.74, 6) is -0.684. The summed E-state index contributed by atoms with van der Waals surface area (Å²) in [7, 11) is -3.95. The molecule has 0 radical (unpaired) electrons. The molecule has 1 aromatic heterocycles. The Morgan fingerprint density at radius 1 is 1.30 bits per heavy atom. The highest BCUT2D eigenvalue weighted by atomic mass is 79.9. The summed E-state index contributed by atoms with van der Waals surface area (Å²) in [6, 6.07) is 7.66. The molecule has 2 rings (SSSR count). The van der Waals surface area contributed by atoms with Crippen molar-refractivity contribution in [2.45, 2.75) is 12.0 Å². The molecule has 0 aliphatic rings. The van der Waals surface area contributed by atoms with Crippen LogP contribution in [0.1, 0.15) is 16.1 Å². The molecule has 0 unspecified atom stereocenters. The molecule has 20 heavy (non-hydrogen) atoms. The fourth-order valence-corrected chi connectivity index (χ4v) is 2.22. The van der Waals surface area contributed by atoms with Crippen molar-refractivity contribution in [2.24, 2.45) is 5.14 Å². The van der Waals surface area contributed by atoms with Crippen molar-refractivity contribution in [3.8, 4) is 0 Å². The zero-order chi connectivity index (χ0) is 14.9. The molecule has 0 spiro atoms. The predicted octanol–water partition coefficient (Wildman–Crippen LogP) is 2.25. The van der Waals surface area contributed by atoms with Gasteiger partial charge in [-0.1, -0.05) is 15.9 Å². The number of benzene rings is 1. The third kappa shape index (κ3) is 3.27. The third-order valence-electron chi connectivity index (χ3n) is 2.50. The lowest BCUT2D eigenvalue weighted by Gasteiger charge is -2.05. The molecule has 1 aromatic carbocycles. The molecular weight excluding hydrogens is 348 g/mol. The number of hydrogen-bond donors (Lipinski definition) is 2. The van der Waals surface area contributed by atoms with E-state index in [0.29, 0.717) is 5.69 Å². The Labute approximate surface area is 124 Å². The molecule has 2 aromatic rings. The maximum atomic E-state index is 11.9. The van der Waals surface area contributed by atoms with Crippen LogP contribution in [0.2, 0.25) is 0 Å². The zero-order valence-electron chi connectivity index (χ0n) is 10.4. The van der Waals surface area contributed by atoms with Gasteiger partial charge >= 0.3 is 0 Å². The van der Waals surface area contributed by atoms with E-state index in [-0.39, 0.29) is 5.76 Å². The summed E-state index contributed by atoms with van der Waals surface area (Å²) in [5.41, 5.74) is 1.52. The number of rotatable bonds is 3. The molecule has 8 heteroatoms. The summed E-state index contributed by atoms with van der Waals surface area (Å²) in [6.07, 6.45) is 0. The molecule has 6 nitrogen and oxygen atoms in total. The van der Waals surface area contributed by atoms with Crippen molar-refractivity contribution in [3.63, 3.8) is 0 Å². The zero-order valence-corrected chi connectivity index (χ0v) is 12.8. The molecule has 106 valence electrons. The van der Waals surface area contributed by atoms with Gasteiger partial charge in [0.15, 0.2) is 5.76 Å². The minimum atomic E-state index is -3.95. The van der Waals surface area contributed by atoms with Crippen LogP contribution in [0.15, 0.2) is 44.3 Å². The van der Waals surface area contributed by atoms with Crippen molar-refractivity contribution in [1.82, 2.24) is 0 Å². The molecule has 0 bridgehead atoms. The molecule has 1 amide bonds. The van der Waals surface area contributed by atoms with E-state index in [2.05, 4.69) is 21.2 Å². The lowest BCUT2D eigenvalue weighted by atomic mass is 10.2. The largest absolute Gasteiger partial charge is 0.438 e. The highest BCUT2D eigenvalue weighted by Gasteiger charge is 2.17. The van der Waals surface area contributed by atoms with Crippen molar-refractivity contribution in [1.29, 1.82) is 0 Å². The number of nitrogens with two attached hydrogens (primary N) is 1. The molecule has 0 fully saturated rings. The fraction of sp³-hybridized carbons (Fsp3) is 0.0833. The third-order valence-corrected chi connectivity index (χ3v) is 4.17. The van der Waals surface area contributed by atoms with E-state index in [9.17, 15) is 13.2 Å². The van der Waals surface area contributed by atoms with Crippen LogP contribution >= 0.6 is 15.9 Å². The summed E-state index contributed by atoms with van der Waals surface area (Å²) in [6.45, 7) is 1.88. The van der Waals surface area contributed by atoms with E-state index >= 15 is 0 Å². The van der Waals surface area contributed by atoms with E-state index in [1.54, 1.807) is 18.2 Å². The Morgan fingerprint density at radius 3 is 2.55 bits per heavy atom. The van der Waals surface area contributed by atoms with Gasteiger partial charge in [0.05, 0.1) is 0 Å². The highest BCUT2D eigenvalue weighted by Crippen LogP contribution is 2.21. The van der Waals surface area contributed by atoms with Gasteiger partial charge in [-0.15, -0.1) is 0 Å². The maximum Gasteiger partial charge on any atom is 0.291 e. The molecule has 0 atom stereocenters. The first-order valence-corrected chi connectivity index (χ1v) is 7.81. The number of amides is 1. The molecule has 0 saturated heterocycles. The van der Waals surface area contributed by atoms with Crippen LogP contribution in [0.3, 0.4) is 0 Å². The molecular formula is C12H11BrN2O4S. The number of halogens is 1. The van der Waals surface area contributed by atoms with Crippen molar-refractivity contribution < 1.29 is 17.6 Å². The van der Waals surface area contributed by atoms with Gasteiger partial charge in [0.2, 0.25) is 5.09 Å². The van der Waals surface area contributed by atoms with Gasteiger partial charge in [0.25, 0.3) is 15.9 Å². The first-order chi connectivity index (χ1) is 9.27. The van der Waals surface area contributed by atoms with Crippen LogP contribution in [0.4, 0.5) is 5.69 Å². The molecule has 3 N–H and O–H groups in total. The maximum absolute atomic E-state index is 11.9. The smallest absolute Gasteiger partial charge is 0.291 e. The summed E-state index contributed by atoms with van der Waals surface area (Å²) in [4.78, 5) is 11.9. The standard InChI is InChI=1S/C12H11BrN2O4S/c1-7-6-8(2-3-9(7)13)15-12(16)10-4-5-11(19-10)20(14,17)18/h2-6H,1H3,(H,15,16)(H2,14,17,18). The van der Waals surface area contributed by atoms with E-state index in [4.69, 9.17) is 9.56 Å². The lowest BCUT2D eigenvalue weighted by molar-refractivity contribution is 0.0991. The minimum absolute atomic E-state index is 0.130. The van der Waals surface area contributed by atoms with E-state index in [1.165, 1.54) is 6.07 Å². The second-order valence-electron chi connectivity index (χ2n) is 4.08. The molecule has 0 aliphatic heterocycles. The predicted molar refractivity (Wildman–Crippen MR) is 76.9 cm³/mol. The van der Waals surface area contributed by atoms with Gasteiger partial charge in [-0.05, 0) is 42.8 Å². The Bertz CT molecular complexity index is 768.